The lowest BCUT2D eigenvalue weighted by atomic mass is 9.90. The Bertz CT molecular complexity index is 1140. The van der Waals surface area contributed by atoms with Crippen LogP contribution < -0.4 is 4.90 Å². The molecule has 2 aromatic carbocycles. The van der Waals surface area contributed by atoms with E-state index in [0.717, 1.165) is 29.7 Å². The molecule has 0 saturated carbocycles. The van der Waals surface area contributed by atoms with E-state index in [-0.39, 0.29) is 24.1 Å². The molecule has 9 heteroatoms. The molecule has 3 aliphatic rings. The van der Waals surface area contributed by atoms with Gasteiger partial charge in [-0.25, -0.2) is 4.79 Å². The van der Waals surface area contributed by atoms with Crippen molar-refractivity contribution in [3.63, 3.8) is 0 Å². The van der Waals surface area contributed by atoms with E-state index >= 15 is 0 Å². The van der Waals surface area contributed by atoms with Gasteiger partial charge in [-0.05, 0) is 69.0 Å². The number of carbonyl (C=O) groups excluding carboxylic acids is 2. The van der Waals surface area contributed by atoms with E-state index < -0.39 is 5.60 Å². The number of hydrogen-bond donors (Lipinski definition) is 0. The number of rotatable bonds is 3. The Morgan fingerprint density at radius 2 is 1.51 bits per heavy atom. The number of carbonyl (C=O) groups is 2. The third kappa shape index (κ3) is 5.35. The molecule has 0 radical (unpaired) electrons. The number of hydrogen-bond acceptors (Lipinski definition) is 4. The van der Waals surface area contributed by atoms with Crippen molar-refractivity contribution in [2.24, 2.45) is 0 Å². The Balaban J connectivity index is 1.57. The number of piperazine rings is 1. The predicted octanol–water partition coefficient (Wildman–Crippen LogP) is 6.60. The van der Waals surface area contributed by atoms with Crippen LogP contribution in [-0.2, 0) is 4.74 Å². The molecule has 6 nitrogen and oxygen atoms in total. The normalized spacial score (nSPS) is 19.7. The van der Waals surface area contributed by atoms with Crippen LogP contribution in [0.3, 0.4) is 0 Å². The third-order valence-corrected chi connectivity index (χ3v) is 7.29. The molecule has 0 N–H and O–H groups in total. The van der Waals surface area contributed by atoms with E-state index in [9.17, 15) is 9.59 Å². The minimum atomic E-state index is -0.531. The van der Waals surface area contributed by atoms with Crippen LogP contribution >= 0.6 is 34.8 Å². The van der Waals surface area contributed by atoms with Gasteiger partial charge in [-0.2, -0.15) is 0 Å². The molecule has 35 heavy (non-hydrogen) atoms. The zero-order chi connectivity index (χ0) is 25.7. The number of amides is 2. The molecule has 3 heterocycles. The Morgan fingerprint density at radius 3 is 2.03 bits per heavy atom. The summed E-state index contributed by atoms with van der Waals surface area (Å²) in [6, 6.07) is 9.20. The topological polar surface area (TPSA) is 53.1 Å². The molecular formula is C26H30Cl3N3O3. The predicted molar refractivity (Wildman–Crippen MR) is 142 cm³/mol. The second-order valence-corrected chi connectivity index (χ2v) is 11.6. The Kier molecular flexibility index (Phi) is 7.20. The van der Waals surface area contributed by atoms with E-state index in [0.29, 0.717) is 33.7 Å². The van der Waals surface area contributed by atoms with Crippen LogP contribution in [0.1, 0.15) is 44.0 Å². The van der Waals surface area contributed by atoms with Gasteiger partial charge in [0.1, 0.15) is 5.60 Å². The zero-order valence-corrected chi connectivity index (χ0v) is 22.8. The molecule has 2 aromatic rings. The van der Waals surface area contributed by atoms with Gasteiger partial charge in [0.25, 0.3) is 5.91 Å². The van der Waals surface area contributed by atoms with Crippen molar-refractivity contribution in [3.05, 3.63) is 51.0 Å². The number of ether oxygens (including phenoxy) is 1. The molecule has 3 saturated heterocycles. The van der Waals surface area contributed by atoms with Gasteiger partial charge >= 0.3 is 6.09 Å². The van der Waals surface area contributed by atoms with Gasteiger partial charge in [0.05, 0.1) is 32.4 Å². The molecule has 2 bridgehead atoms. The standard InChI is InChI=1S/C26H30Cl3N3O3/c1-26(2,3)35-25(34)32-14-17-7-8-18(32)13-31(17)23-21(28)11-16(12-22(23)29)15-6-9-19(20(27)10-15)24(33)30(4)5/h6,9-12,17-18H,7-8,13-14H2,1-5H3. The van der Waals surface area contributed by atoms with Gasteiger partial charge in [0.15, 0.2) is 0 Å². The maximum atomic E-state index is 12.7. The van der Waals surface area contributed by atoms with Crippen LogP contribution in [0.4, 0.5) is 10.5 Å². The molecule has 0 aromatic heterocycles. The first-order chi connectivity index (χ1) is 16.4. The van der Waals surface area contributed by atoms with Crippen molar-refractivity contribution in [3.8, 4) is 11.1 Å². The molecule has 5 rings (SSSR count). The van der Waals surface area contributed by atoms with Crippen molar-refractivity contribution in [2.75, 3.05) is 32.1 Å². The second-order valence-electron chi connectivity index (χ2n) is 10.4. The van der Waals surface area contributed by atoms with E-state index in [1.165, 1.54) is 4.90 Å². The maximum absolute atomic E-state index is 12.7. The molecule has 0 spiro atoms. The van der Waals surface area contributed by atoms with Crippen LogP contribution in [0.15, 0.2) is 30.3 Å². The first kappa shape index (κ1) is 25.9. The molecule has 3 fully saturated rings. The SMILES string of the molecule is CN(C)C(=O)c1ccc(-c2cc(Cl)c(N3CC4CCC3CN4C(=O)OC(C)(C)C)c(Cl)c2)cc1Cl. The van der Waals surface area contributed by atoms with E-state index in [1.807, 2.05) is 43.9 Å². The van der Waals surface area contributed by atoms with Crippen LogP contribution in [0.5, 0.6) is 0 Å². The number of halogens is 3. The zero-order valence-electron chi connectivity index (χ0n) is 20.6. The average Bonchev–Trinajstić information content (AvgIpc) is 2.77. The minimum absolute atomic E-state index is 0.0437. The highest BCUT2D eigenvalue weighted by Gasteiger charge is 2.43. The second kappa shape index (κ2) is 9.72. The number of piperidine rings is 2. The highest BCUT2D eigenvalue weighted by Crippen LogP contribution is 2.43. The Labute approximate surface area is 221 Å². The summed E-state index contributed by atoms with van der Waals surface area (Å²) in [6.07, 6.45) is 1.60. The van der Waals surface area contributed by atoms with Crippen molar-refractivity contribution in [1.29, 1.82) is 0 Å². The summed E-state index contributed by atoms with van der Waals surface area (Å²) < 4.78 is 5.61. The number of fused-ring (bicyclic) bond motifs is 3. The molecule has 2 amide bonds. The fourth-order valence-corrected chi connectivity index (χ4v) is 5.73. The van der Waals surface area contributed by atoms with Crippen LogP contribution in [-0.4, -0.2) is 66.7 Å². The van der Waals surface area contributed by atoms with E-state index in [4.69, 9.17) is 39.5 Å². The average molecular weight is 539 g/mol. The van der Waals surface area contributed by atoms with Crippen LogP contribution in [0.2, 0.25) is 15.1 Å². The summed E-state index contributed by atoms with van der Waals surface area (Å²) in [4.78, 5) is 30.6. The lowest BCUT2D eigenvalue weighted by Gasteiger charge is -2.52. The number of nitrogens with zero attached hydrogens (tertiary/aromatic N) is 3. The highest BCUT2D eigenvalue weighted by molar-refractivity contribution is 6.39. The first-order valence-electron chi connectivity index (χ1n) is 11.6. The lowest BCUT2D eigenvalue weighted by molar-refractivity contribution is 0.000887. The van der Waals surface area contributed by atoms with Crippen LogP contribution in [0, 0.1) is 0 Å². The van der Waals surface area contributed by atoms with Gasteiger partial charge in [0, 0.05) is 33.2 Å². The largest absolute Gasteiger partial charge is 0.444 e. The molecule has 3 aliphatic heterocycles. The molecule has 2 unspecified atom stereocenters. The third-order valence-electron chi connectivity index (χ3n) is 6.40. The molecule has 188 valence electrons. The number of anilines is 1. The number of benzene rings is 2. The van der Waals surface area contributed by atoms with Gasteiger partial charge in [0.2, 0.25) is 0 Å². The van der Waals surface area contributed by atoms with Gasteiger partial charge in [-0.15, -0.1) is 0 Å². The van der Waals surface area contributed by atoms with Crippen molar-refractivity contribution in [2.45, 2.75) is 51.3 Å². The fraction of sp³-hybridized carbons (Fsp3) is 0.462. The maximum Gasteiger partial charge on any atom is 0.410 e. The van der Waals surface area contributed by atoms with Crippen molar-refractivity contribution >= 4 is 52.5 Å². The summed E-state index contributed by atoms with van der Waals surface area (Å²) in [5.74, 6) is -0.159. The monoisotopic (exact) mass is 537 g/mol. The van der Waals surface area contributed by atoms with E-state index in [2.05, 4.69) is 4.90 Å². The summed E-state index contributed by atoms with van der Waals surface area (Å²) in [6.45, 7) is 6.85. The summed E-state index contributed by atoms with van der Waals surface area (Å²) in [7, 11) is 3.37. The highest BCUT2D eigenvalue weighted by atomic mass is 35.5. The smallest absolute Gasteiger partial charge is 0.410 e. The molecule has 0 aliphatic carbocycles. The van der Waals surface area contributed by atoms with Crippen LogP contribution in [0.25, 0.3) is 11.1 Å². The van der Waals surface area contributed by atoms with E-state index in [1.54, 1.807) is 26.2 Å². The summed E-state index contributed by atoms with van der Waals surface area (Å²) in [5.41, 5.74) is 2.31. The Morgan fingerprint density at radius 1 is 0.914 bits per heavy atom. The van der Waals surface area contributed by atoms with Gasteiger partial charge in [-0.3, -0.25) is 4.79 Å². The minimum Gasteiger partial charge on any atom is -0.444 e. The lowest BCUT2D eigenvalue weighted by Crippen LogP contribution is -2.64. The Hall–Kier alpha value is -2.15. The molecule has 2 atom stereocenters. The first-order valence-corrected chi connectivity index (χ1v) is 12.8. The van der Waals surface area contributed by atoms with Crippen molar-refractivity contribution < 1.29 is 14.3 Å². The van der Waals surface area contributed by atoms with Crippen molar-refractivity contribution in [1.82, 2.24) is 9.80 Å². The fourth-order valence-electron chi connectivity index (χ4n) is 4.76. The van der Waals surface area contributed by atoms with Gasteiger partial charge < -0.3 is 19.4 Å². The quantitative estimate of drug-likeness (QED) is 0.442. The summed E-state index contributed by atoms with van der Waals surface area (Å²) in [5, 5.41) is 1.44. The molecular weight excluding hydrogens is 509 g/mol. The summed E-state index contributed by atoms with van der Waals surface area (Å²) >= 11 is 20.0. The van der Waals surface area contributed by atoms with Gasteiger partial charge in [-0.1, -0.05) is 40.9 Å².